The van der Waals surface area contributed by atoms with Gasteiger partial charge in [-0.2, -0.15) is 5.26 Å². The zero-order valence-electron chi connectivity index (χ0n) is 10.9. The van der Waals surface area contributed by atoms with Gasteiger partial charge in [-0.25, -0.2) is 0 Å². The van der Waals surface area contributed by atoms with Crippen molar-refractivity contribution in [2.24, 2.45) is 5.92 Å². The molecule has 0 aromatic carbocycles. The molecule has 0 radical (unpaired) electrons. The molecule has 0 spiro atoms. The molecule has 1 heterocycles. The predicted octanol–water partition coefficient (Wildman–Crippen LogP) is 2.31. The second-order valence-electron chi connectivity index (χ2n) is 5.72. The average Bonchev–Trinajstić information content (AvgIpc) is 2.35. The van der Waals surface area contributed by atoms with Crippen LogP contribution in [0.1, 0.15) is 51.9 Å². The Balaban J connectivity index is 1.99. The number of nitriles is 1. The molecule has 17 heavy (non-hydrogen) atoms. The van der Waals surface area contributed by atoms with E-state index in [1.807, 2.05) is 0 Å². The van der Waals surface area contributed by atoms with Gasteiger partial charge in [-0.05, 0) is 25.7 Å². The fraction of sp³-hybridized carbons (Fsp3) is 0.929. The van der Waals surface area contributed by atoms with Crippen LogP contribution in [-0.4, -0.2) is 34.7 Å². The molecule has 0 aromatic heterocycles. The monoisotopic (exact) mass is 236 g/mol. The van der Waals surface area contributed by atoms with Gasteiger partial charge in [-0.3, -0.25) is 4.90 Å². The van der Waals surface area contributed by atoms with Crippen LogP contribution < -0.4 is 0 Å². The van der Waals surface area contributed by atoms with Crippen molar-refractivity contribution >= 4 is 0 Å². The van der Waals surface area contributed by atoms with Crippen LogP contribution in [0.4, 0.5) is 0 Å². The minimum absolute atomic E-state index is 0.389. The van der Waals surface area contributed by atoms with Crippen LogP contribution in [0.25, 0.3) is 0 Å². The third kappa shape index (κ3) is 2.64. The zero-order chi connectivity index (χ0) is 12.3. The minimum Gasteiger partial charge on any atom is -0.390 e. The van der Waals surface area contributed by atoms with Gasteiger partial charge < -0.3 is 5.11 Å². The molecule has 96 valence electrons. The van der Waals surface area contributed by atoms with Crippen LogP contribution in [0, 0.1) is 17.2 Å². The zero-order valence-corrected chi connectivity index (χ0v) is 10.9. The maximum absolute atomic E-state index is 10.6. The molecule has 0 aromatic rings. The molecule has 1 saturated carbocycles. The van der Waals surface area contributed by atoms with Crippen LogP contribution in [0.2, 0.25) is 0 Å². The minimum atomic E-state index is -0.389. The lowest BCUT2D eigenvalue weighted by atomic mass is 9.71. The Morgan fingerprint density at radius 1 is 1.47 bits per heavy atom. The van der Waals surface area contributed by atoms with Crippen LogP contribution in [0.15, 0.2) is 0 Å². The molecule has 1 N–H and O–H groups in total. The van der Waals surface area contributed by atoms with Crippen molar-refractivity contribution in [2.75, 3.05) is 13.1 Å². The molecule has 2 aliphatic rings. The largest absolute Gasteiger partial charge is 0.390 e. The van der Waals surface area contributed by atoms with Crippen molar-refractivity contribution in [3.8, 4) is 6.07 Å². The standard InChI is InChI=1S/C14H24N2O/c1-2-13(6-9-15)16-10-8-14(17)7-4-3-5-12(14)11-16/h12-13,17H,2-8,10-11H2,1H3. The number of aliphatic hydroxyl groups is 1. The Labute approximate surface area is 104 Å². The normalized spacial score (nSPS) is 35.9. The van der Waals surface area contributed by atoms with E-state index >= 15 is 0 Å². The molecule has 3 nitrogen and oxygen atoms in total. The molecule has 3 unspecified atom stereocenters. The van der Waals surface area contributed by atoms with Gasteiger partial charge in [0.2, 0.25) is 0 Å². The Bertz CT molecular complexity index is 299. The maximum atomic E-state index is 10.6. The summed E-state index contributed by atoms with van der Waals surface area (Å²) in [7, 11) is 0. The molecule has 2 fully saturated rings. The van der Waals surface area contributed by atoms with Crippen LogP contribution in [0.5, 0.6) is 0 Å². The first kappa shape index (κ1) is 12.9. The summed E-state index contributed by atoms with van der Waals surface area (Å²) >= 11 is 0. The number of likely N-dealkylation sites (tertiary alicyclic amines) is 1. The predicted molar refractivity (Wildman–Crippen MR) is 67.4 cm³/mol. The van der Waals surface area contributed by atoms with Crippen molar-refractivity contribution in [3.05, 3.63) is 0 Å². The lowest BCUT2D eigenvalue weighted by molar-refractivity contribution is -0.102. The second kappa shape index (κ2) is 5.37. The van der Waals surface area contributed by atoms with E-state index in [2.05, 4.69) is 17.9 Å². The van der Waals surface area contributed by atoms with Crippen molar-refractivity contribution in [1.29, 1.82) is 5.26 Å². The topological polar surface area (TPSA) is 47.3 Å². The van der Waals surface area contributed by atoms with Gasteiger partial charge >= 0.3 is 0 Å². The van der Waals surface area contributed by atoms with Gasteiger partial charge in [-0.15, -0.1) is 0 Å². The quantitative estimate of drug-likeness (QED) is 0.818. The fourth-order valence-corrected chi connectivity index (χ4v) is 3.57. The molecule has 0 amide bonds. The van der Waals surface area contributed by atoms with E-state index in [0.29, 0.717) is 18.4 Å². The lowest BCUT2D eigenvalue weighted by Gasteiger charge is -2.49. The van der Waals surface area contributed by atoms with E-state index in [0.717, 1.165) is 38.8 Å². The van der Waals surface area contributed by atoms with Crippen molar-refractivity contribution < 1.29 is 5.11 Å². The maximum Gasteiger partial charge on any atom is 0.0700 e. The van der Waals surface area contributed by atoms with Gasteiger partial charge in [0.15, 0.2) is 0 Å². The van der Waals surface area contributed by atoms with Crippen molar-refractivity contribution in [3.63, 3.8) is 0 Å². The van der Waals surface area contributed by atoms with Gasteiger partial charge in [0, 0.05) is 25.0 Å². The van der Waals surface area contributed by atoms with Gasteiger partial charge in [0.1, 0.15) is 0 Å². The first-order chi connectivity index (χ1) is 8.19. The van der Waals surface area contributed by atoms with Crippen LogP contribution in [0.3, 0.4) is 0 Å². The average molecular weight is 236 g/mol. The van der Waals surface area contributed by atoms with E-state index in [-0.39, 0.29) is 5.60 Å². The van der Waals surface area contributed by atoms with Crippen LogP contribution >= 0.6 is 0 Å². The number of piperidine rings is 1. The van der Waals surface area contributed by atoms with Gasteiger partial charge in [-0.1, -0.05) is 19.8 Å². The summed E-state index contributed by atoms with van der Waals surface area (Å²) < 4.78 is 0. The summed E-state index contributed by atoms with van der Waals surface area (Å²) in [6.07, 6.45) is 7.16. The molecule has 1 aliphatic heterocycles. The van der Waals surface area contributed by atoms with Gasteiger partial charge in [0.25, 0.3) is 0 Å². The number of hydrogen-bond donors (Lipinski definition) is 1. The van der Waals surface area contributed by atoms with E-state index in [1.54, 1.807) is 0 Å². The molecule has 3 atom stereocenters. The first-order valence-electron chi connectivity index (χ1n) is 7.03. The van der Waals surface area contributed by atoms with Crippen molar-refractivity contribution in [2.45, 2.75) is 63.5 Å². The molecular weight excluding hydrogens is 212 g/mol. The third-order valence-electron chi connectivity index (χ3n) is 4.77. The molecule has 3 heteroatoms. The highest BCUT2D eigenvalue weighted by molar-refractivity contribution is 4.97. The summed E-state index contributed by atoms with van der Waals surface area (Å²) in [5, 5.41) is 19.5. The molecular formula is C14H24N2O. The molecule has 1 saturated heterocycles. The first-order valence-corrected chi connectivity index (χ1v) is 7.03. The van der Waals surface area contributed by atoms with E-state index in [4.69, 9.17) is 5.26 Å². The highest BCUT2D eigenvalue weighted by Crippen LogP contribution is 2.40. The molecule has 1 aliphatic carbocycles. The highest BCUT2D eigenvalue weighted by atomic mass is 16.3. The molecule has 0 bridgehead atoms. The number of hydrogen-bond acceptors (Lipinski definition) is 3. The highest BCUT2D eigenvalue weighted by Gasteiger charge is 2.43. The summed E-state index contributed by atoms with van der Waals surface area (Å²) in [6, 6.07) is 2.69. The summed E-state index contributed by atoms with van der Waals surface area (Å²) in [6.45, 7) is 4.12. The van der Waals surface area contributed by atoms with Gasteiger partial charge in [0.05, 0.1) is 18.1 Å². The summed E-state index contributed by atoms with van der Waals surface area (Å²) in [5.41, 5.74) is -0.389. The second-order valence-corrected chi connectivity index (χ2v) is 5.72. The van der Waals surface area contributed by atoms with E-state index < -0.39 is 0 Å². The Morgan fingerprint density at radius 3 is 3.00 bits per heavy atom. The SMILES string of the molecule is CCC(CC#N)N1CCC2(O)CCCCC2C1. The summed E-state index contributed by atoms with van der Waals surface area (Å²) in [4.78, 5) is 2.44. The summed E-state index contributed by atoms with van der Waals surface area (Å²) in [5.74, 6) is 0.442. The van der Waals surface area contributed by atoms with Crippen molar-refractivity contribution in [1.82, 2.24) is 4.90 Å². The lowest BCUT2D eigenvalue weighted by Crippen LogP contribution is -2.55. The number of rotatable bonds is 3. The fourth-order valence-electron chi connectivity index (χ4n) is 3.57. The van der Waals surface area contributed by atoms with Crippen LogP contribution in [-0.2, 0) is 0 Å². The number of fused-ring (bicyclic) bond motifs is 1. The Hall–Kier alpha value is -0.590. The molecule has 2 rings (SSSR count). The van der Waals surface area contributed by atoms with E-state index in [9.17, 15) is 5.11 Å². The third-order valence-corrected chi connectivity index (χ3v) is 4.77. The Kier molecular flexibility index (Phi) is 4.06. The smallest absolute Gasteiger partial charge is 0.0700 e. The Morgan fingerprint density at radius 2 is 2.29 bits per heavy atom. The van der Waals surface area contributed by atoms with E-state index in [1.165, 1.54) is 12.8 Å². The number of nitrogens with zero attached hydrogens (tertiary/aromatic N) is 2.